The van der Waals surface area contributed by atoms with Gasteiger partial charge in [0.2, 0.25) is 5.91 Å². The van der Waals surface area contributed by atoms with Crippen LogP contribution in [0.1, 0.15) is 35.2 Å². The Hall–Kier alpha value is -3.01. The molecule has 29 heavy (non-hydrogen) atoms. The standard InChI is InChI=1S/C19H16F2N2O5S/c1-23(29(27,28)15-4-3-10(20)7-14(15)21)11-8-12(17(24)25)16-13(9-11)19(5-2-6-19)18(26)22-16/h3-4,7-9H,2,5-6H2,1H3,(H,22,26)(H,24,25). The number of anilines is 2. The zero-order valence-electron chi connectivity index (χ0n) is 15.2. The van der Waals surface area contributed by atoms with Crippen LogP contribution in [0, 0.1) is 11.6 Å². The van der Waals surface area contributed by atoms with E-state index >= 15 is 0 Å². The highest BCUT2D eigenvalue weighted by atomic mass is 32.2. The van der Waals surface area contributed by atoms with Crippen LogP contribution in [0.4, 0.5) is 20.2 Å². The number of nitrogens with zero attached hydrogens (tertiary/aromatic N) is 1. The molecule has 0 saturated heterocycles. The fourth-order valence-corrected chi connectivity index (χ4v) is 5.07. The molecule has 2 aromatic carbocycles. The van der Waals surface area contributed by atoms with Crippen molar-refractivity contribution in [2.24, 2.45) is 0 Å². The van der Waals surface area contributed by atoms with Gasteiger partial charge in [0, 0.05) is 13.1 Å². The lowest BCUT2D eigenvalue weighted by Gasteiger charge is -2.36. The minimum absolute atomic E-state index is 0.0346. The Kier molecular flexibility index (Phi) is 4.16. The minimum atomic E-state index is -4.45. The molecule has 7 nitrogen and oxygen atoms in total. The van der Waals surface area contributed by atoms with Crippen LogP contribution < -0.4 is 9.62 Å². The van der Waals surface area contributed by atoms with Gasteiger partial charge in [0.05, 0.1) is 22.4 Å². The summed E-state index contributed by atoms with van der Waals surface area (Å²) in [5.41, 5.74) is -0.583. The first-order valence-electron chi connectivity index (χ1n) is 8.75. The van der Waals surface area contributed by atoms with Gasteiger partial charge in [-0.1, -0.05) is 6.42 Å². The third-order valence-corrected chi connectivity index (χ3v) is 7.46. The summed E-state index contributed by atoms with van der Waals surface area (Å²) in [7, 11) is -3.30. The lowest BCUT2D eigenvalue weighted by atomic mass is 9.65. The third kappa shape index (κ3) is 2.70. The summed E-state index contributed by atoms with van der Waals surface area (Å²) in [6.45, 7) is 0. The summed E-state index contributed by atoms with van der Waals surface area (Å²) in [6, 6.07) is 4.63. The smallest absolute Gasteiger partial charge is 0.337 e. The average Bonchev–Trinajstić information content (AvgIpc) is 2.91. The van der Waals surface area contributed by atoms with Crippen LogP contribution >= 0.6 is 0 Å². The Balaban J connectivity index is 1.87. The molecule has 1 aliphatic carbocycles. The van der Waals surface area contributed by atoms with Gasteiger partial charge in [0.15, 0.2) is 0 Å². The van der Waals surface area contributed by atoms with E-state index in [1.165, 1.54) is 6.07 Å². The van der Waals surface area contributed by atoms with Crippen molar-refractivity contribution in [1.29, 1.82) is 0 Å². The second-order valence-electron chi connectivity index (χ2n) is 7.16. The Labute approximate surface area is 165 Å². The lowest BCUT2D eigenvalue weighted by Crippen LogP contribution is -2.41. The molecule has 0 radical (unpaired) electrons. The maximum Gasteiger partial charge on any atom is 0.337 e. The first kappa shape index (κ1) is 19.3. The molecule has 4 rings (SSSR count). The van der Waals surface area contributed by atoms with Crippen molar-refractivity contribution in [3.05, 3.63) is 53.1 Å². The van der Waals surface area contributed by atoms with Crippen molar-refractivity contribution >= 4 is 33.3 Å². The predicted molar refractivity (Wildman–Crippen MR) is 99.5 cm³/mol. The number of nitrogens with one attached hydrogen (secondary N) is 1. The summed E-state index contributed by atoms with van der Waals surface area (Å²) in [4.78, 5) is 23.5. The van der Waals surface area contributed by atoms with Gasteiger partial charge >= 0.3 is 5.97 Å². The van der Waals surface area contributed by atoms with Gasteiger partial charge < -0.3 is 10.4 Å². The first-order chi connectivity index (χ1) is 13.6. The summed E-state index contributed by atoms with van der Waals surface area (Å²) in [6.07, 6.45) is 1.84. The molecule has 1 amide bonds. The number of sulfonamides is 1. The van der Waals surface area contributed by atoms with E-state index in [0.29, 0.717) is 24.5 Å². The lowest BCUT2D eigenvalue weighted by molar-refractivity contribution is -0.123. The molecule has 1 fully saturated rings. The van der Waals surface area contributed by atoms with Crippen molar-refractivity contribution in [3.8, 4) is 0 Å². The number of carbonyl (C=O) groups is 2. The van der Waals surface area contributed by atoms with E-state index in [-0.39, 0.29) is 22.8 Å². The minimum Gasteiger partial charge on any atom is -0.478 e. The molecular formula is C19H16F2N2O5S. The molecule has 1 aliphatic heterocycles. The van der Waals surface area contributed by atoms with Crippen molar-refractivity contribution in [2.45, 2.75) is 29.6 Å². The van der Waals surface area contributed by atoms with Crippen molar-refractivity contribution in [1.82, 2.24) is 0 Å². The number of rotatable bonds is 4. The normalized spacial score (nSPS) is 16.9. The largest absolute Gasteiger partial charge is 0.478 e. The molecule has 152 valence electrons. The zero-order chi connectivity index (χ0) is 21.1. The summed E-state index contributed by atoms with van der Waals surface area (Å²) < 4.78 is 53.8. The van der Waals surface area contributed by atoms with Gasteiger partial charge in [-0.15, -0.1) is 0 Å². The maximum atomic E-state index is 14.1. The van der Waals surface area contributed by atoms with Crippen LogP contribution in [0.2, 0.25) is 0 Å². The Bertz CT molecular complexity index is 1180. The molecular weight excluding hydrogens is 406 g/mol. The highest BCUT2D eigenvalue weighted by molar-refractivity contribution is 7.92. The molecule has 2 aromatic rings. The third-order valence-electron chi connectivity index (χ3n) is 5.65. The maximum absolute atomic E-state index is 14.1. The molecule has 0 atom stereocenters. The van der Waals surface area contributed by atoms with Crippen LogP contribution in [0.3, 0.4) is 0 Å². The van der Waals surface area contributed by atoms with Crippen LogP contribution in [-0.2, 0) is 20.2 Å². The molecule has 1 heterocycles. The molecule has 1 saturated carbocycles. The van der Waals surface area contributed by atoms with Crippen LogP contribution in [0.25, 0.3) is 0 Å². The zero-order valence-corrected chi connectivity index (χ0v) is 16.0. The van der Waals surface area contributed by atoms with Crippen LogP contribution in [0.5, 0.6) is 0 Å². The van der Waals surface area contributed by atoms with Gasteiger partial charge in [0.25, 0.3) is 10.0 Å². The Morgan fingerprint density at radius 3 is 2.45 bits per heavy atom. The topological polar surface area (TPSA) is 104 Å². The summed E-state index contributed by atoms with van der Waals surface area (Å²) >= 11 is 0. The monoisotopic (exact) mass is 422 g/mol. The Morgan fingerprint density at radius 2 is 1.90 bits per heavy atom. The van der Waals surface area contributed by atoms with E-state index in [2.05, 4.69) is 5.32 Å². The fraction of sp³-hybridized carbons (Fsp3) is 0.263. The highest BCUT2D eigenvalue weighted by Crippen LogP contribution is 2.53. The molecule has 0 unspecified atom stereocenters. The number of fused-ring (bicyclic) bond motifs is 2. The van der Waals surface area contributed by atoms with E-state index in [9.17, 15) is 31.9 Å². The SMILES string of the molecule is CN(c1cc(C(=O)O)c2c(c1)C1(CCC1)C(=O)N2)S(=O)(=O)c1ccc(F)cc1F. The predicted octanol–water partition coefficient (Wildman–Crippen LogP) is 2.86. The molecule has 1 spiro atoms. The number of hydrogen-bond donors (Lipinski definition) is 2. The molecule has 0 aromatic heterocycles. The van der Waals surface area contributed by atoms with Gasteiger partial charge in [-0.25, -0.2) is 22.0 Å². The quantitative estimate of drug-likeness (QED) is 0.789. The number of halogens is 2. The number of aromatic carboxylic acids is 1. The summed E-state index contributed by atoms with van der Waals surface area (Å²) in [5, 5.41) is 12.2. The number of hydrogen-bond acceptors (Lipinski definition) is 4. The van der Waals surface area contributed by atoms with Crippen molar-refractivity contribution < 1.29 is 31.9 Å². The van der Waals surface area contributed by atoms with Crippen molar-refractivity contribution in [3.63, 3.8) is 0 Å². The van der Waals surface area contributed by atoms with Gasteiger partial charge in [-0.3, -0.25) is 9.10 Å². The molecule has 0 bridgehead atoms. The van der Waals surface area contributed by atoms with Gasteiger partial charge in [-0.2, -0.15) is 0 Å². The first-order valence-corrected chi connectivity index (χ1v) is 10.2. The van der Waals surface area contributed by atoms with E-state index in [1.54, 1.807) is 0 Å². The number of carbonyl (C=O) groups excluding carboxylic acids is 1. The highest BCUT2D eigenvalue weighted by Gasteiger charge is 2.52. The number of carboxylic acid groups (broad SMARTS) is 1. The van der Waals surface area contributed by atoms with Crippen LogP contribution in [-0.4, -0.2) is 32.4 Å². The van der Waals surface area contributed by atoms with Crippen LogP contribution in [0.15, 0.2) is 35.2 Å². The van der Waals surface area contributed by atoms with E-state index in [1.807, 2.05) is 0 Å². The van der Waals surface area contributed by atoms with E-state index < -0.39 is 37.9 Å². The number of carboxylic acids is 1. The van der Waals surface area contributed by atoms with Gasteiger partial charge in [0.1, 0.15) is 16.5 Å². The molecule has 2 N–H and O–H groups in total. The molecule has 2 aliphatic rings. The van der Waals surface area contributed by atoms with E-state index in [0.717, 1.165) is 36.0 Å². The summed E-state index contributed by atoms with van der Waals surface area (Å²) in [5.74, 6) is -3.83. The number of amides is 1. The Morgan fingerprint density at radius 1 is 1.21 bits per heavy atom. The van der Waals surface area contributed by atoms with Gasteiger partial charge in [-0.05, 0) is 42.7 Å². The molecule has 10 heteroatoms. The van der Waals surface area contributed by atoms with E-state index in [4.69, 9.17) is 0 Å². The average molecular weight is 422 g/mol. The second kappa shape index (κ2) is 6.24. The second-order valence-corrected chi connectivity index (χ2v) is 9.10. The fourth-order valence-electron chi connectivity index (χ4n) is 3.84. The number of benzene rings is 2. The van der Waals surface area contributed by atoms with Crippen molar-refractivity contribution in [2.75, 3.05) is 16.7 Å².